The van der Waals surface area contributed by atoms with Gasteiger partial charge in [0.15, 0.2) is 0 Å². The van der Waals surface area contributed by atoms with Crippen molar-refractivity contribution < 1.29 is 9.72 Å². The summed E-state index contributed by atoms with van der Waals surface area (Å²) in [7, 11) is 0. The molecule has 7 heteroatoms. The smallest absolute Gasteiger partial charge is 0.271 e. The summed E-state index contributed by atoms with van der Waals surface area (Å²) < 4.78 is 0. The van der Waals surface area contributed by atoms with E-state index >= 15 is 0 Å². The van der Waals surface area contributed by atoms with Gasteiger partial charge in [0.25, 0.3) is 11.6 Å². The first-order chi connectivity index (χ1) is 12.1. The Bertz CT molecular complexity index is 799. The third-order valence-corrected chi connectivity index (χ3v) is 4.07. The number of rotatable bonds is 5. The van der Waals surface area contributed by atoms with Crippen molar-refractivity contribution in [3.8, 4) is 0 Å². The van der Waals surface area contributed by atoms with Gasteiger partial charge in [0.1, 0.15) is 0 Å². The monoisotopic (exact) mass is 338 g/mol. The minimum atomic E-state index is -0.437. The van der Waals surface area contributed by atoms with Crippen molar-refractivity contribution in [1.82, 2.24) is 5.43 Å². The van der Waals surface area contributed by atoms with Crippen LogP contribution in [0.25, 0.3) is 0 Å². The van der Waals surface area contributed by atoms with E-state index in [0.29, 0.717) is 11.1 Å². The third kappa shape index (κ3) is 4.00. The Hall–Kier alpha value is -3.22. The van der Waals surface area contributed by atoms with Crippen molar-refractivity contribution in [3.63, 3.8) is 0 Å². The van der Waals surface area contributed by atoms with E-state index in [0.717, 1.165) is 31.6 Å². The second-order valence-electron chi connectivity index (χ2n) is 5.76. The zero-order valence-electron chi connectivity index (χ0n) is 13.6. The first kappa shape index (κ1) is 16.6. The van der Waals surface area contributed by atoms with Gasteiger partial charge in [-0.1, -0.05) is 18.2 Å². The van der Waals surface area contributed by atoms with Crippen molar-refractivity contribution in [2.24, 2.45) is 5.10 Å². The molecule has 128 valence electrons. The van der Waals surface area contributed by atoms with Crippen molar-refractivity contribution in [1.29, 1.82) is 0 Å². The number of nitro groups is 1. The standard InChI is InChI=1S/C18H18N4O3/c23-18(14-6-2-1-3-7-14)20-19-13-15-12-16(22(24)25)8-9-17(15)21-10-4-5-11-21/h1-3,6-9,12-13H,4-5,10-11H2,(H,20,23)/b19-13+. The Labute approximate surface area is 145 Å². The lowest BCUT2D eigenvalue weighted by atomic mass is 10.1. The SMILES string of the molecule is O=C(N/N=C/c1cc([N+](=O)[O-])ccc1N1CCCC1)c1ccccc1. The molecule has 1 fully saturated rings. The minimum absolute atomic E-state index is 0.00113. The number of amides is 1. The van der Waals surface area contributed by atoms with Crippen LogP contribution >= 0.6 is 0 Å². The quantitative estimate of drug-likeness (QED) is 0.516. The van der Waals surface area contributed by atoms with Crippen LogP contribution in [0.4, 0.5) is 11.4 Å². The molecule has 1 N–H and O–H groups in total. The van der Waals surface area contributed by atoms with Crippen molar-refractivity contribution in [2.45, 2.75) is 12.8 Å². The summed E-state index contributed by atoms with van der Waals surface area (Å²) in [6.07, 6.45) is 3.65. The van der Waals surface area contributed by atoms with Crippen molar-refractivity contribution in [3.05, 3.63) is 69.8 Å². The number of nitrogens with zero attached hydrogens (tertiary/aromatic N) is 3. The molecule has 0 unspecified atom stereocenters. The number of nitro benzene ring substituents is 1. The molecule has 0 radical (unpaired) electrons. The van der Waals surface area contributed by atoms with Crippen LogP contribution in [-0.4, -0.2) is 30.1 Å². The van der Waals surface area contributed by atoms with Crippen molar-refractivity contribution in [2.75, 3.05) is 18.0 Å². The number of non-ortho nitro benzene ring substituents is 1. The molecule has 0 bridgehead atoms. The normalized spacial score (nSPS) is 14.0. The summed E-state index contributed by atoms with van der Waals surface area (Å²) in [5.41, 5.74) is 4.46. The molecule has 1 amide bonds. The van der Waals surface area contributed by atoms with Gasteiger partial charge in [0, 0.05) is 42.0 Å². The molecule has 0 saturated carbocycles. The van der Waals surface area contributed by atoms with Crippen molar-refractivity contribution >= 4 is 23.5 Å². The van der Waals surface area contributed by atoms with Gasteiger partial charge in [-0.05, 0) is 31.0 Å². The first-order valence-electron chi connectivity index (χ1n) is 8.07. The molecule has 0 aromatic heterocycles. The Balaban J connectivity index is 1.80. The van der Waals surface area contributed by atoms with E-state index < -0.39 is 4.92 Å². The Kier molecular flexibility index (Phi) is 5.03. The molecule has 25 heavy (non-hydrogen) atoms. The second-order valence-corrected chi connectivity index (χ2v) is 5.76. The predicted octanol–water partition coefficient (Wildman–Crippen LogP) is 2.96. The van der Waals surface area contributed by atoms with E-state index in [-0.39, 0.29) is 11.6 Å². The molecule has 7 nitrogen and oxygen atoms in total. The molecule has 0 spiro atoms. The molecule has 1 heterocycles. The van der Waals surface area contributed by atoms with Gasteiger partial charge in [-0.2, -0.15) is 5.10 Å². The van der Waals surface area contributed by atoms with Crippen LogP contribution in [0.1, 0.15) is 28.8 Å². The summed E-state index contributed by atoms with van der Waals surface area (Å²) in [6.45, 7) is 1.82. The highest BCUT2D eigenvalue weighted by Crippen LogP contribution is 2.27. The minimum Gasteiger partial charge on any atom is -0.371 e. The predicted molar refractivity (Wildman–Crippen MR) is 96.0 cm³/mol. The highest BCUT2D eigenvalue weighted by atomic mass is 16.6. The third-order valence-electron chi connectivity index (χ3n) is 4.07. The summed E-state index contributed by atoms with van der Waals surface area (Å²) in [4.78, 5) is 24.8. The fourth-order valence-electron chi connectivity index (χ4n) is 2.82. The molecule has 0 atom stereocenters. The second kappa shape index (κ2) is 7.57. The van der Waals surface area contributed by atoms with Gasteiger partial charge in [0.2, 0.25) is 0 Å². The largest absolute Gasteiger partial charge is 0.371 e. The maximum atomic E-state index is 12.0. The fraction of sp³-hybridized carbons (Fsp3) is 0.222. The lowest BCUT2D eigenvalue weighted by molar-refractivity contribution is -0.384. The summed E-state index contributed by atoms with van der Waals surface area (Å²) in [5.74, 6) is -0.329. The van der Waals surface area contributed by atoms with Gasteiger partial charge in [-0.25, -0.2) is 5.43 Å². The average Bonchev–Trinajstić information content (AvgIpc) is 3.16. The lowest BCUT2D eigenvalue weighted by Crippen LogP contribution is -2.20. The molecule has 0 aliphatic carbocycles. The molecule has 3 rings (SSSR count). The van der Waals surface area contributed by atoms with E-state index in [9.17, 15) is 14.9 Å². The fourth-order valence-corrected chi connectivity index (χ4v) is 2.82. The Morgan fingerprint density at radius 3 is 2.56 bits per heavy atom. The summed E-state index contributed by atoms with van der Waals surface area (Å²) in [5, 5.41) is 15.0. The van der Waals surface area contributed by atoms with Crippen LogP contribution in [0.5, 0.6) is 0 Å². The topological polar surface area (TPSA) is 87.8 Å². The van der Waals surface area contributed by atoms with Crippen LogP contribution in [0.2, 0.25) is 0 Å². The van der Waals surface area contributed by atoms with Gasteiger partial charge in [-0.3, -0.25) is 14.9 Å². The molecule has 1 aliphatic heterocycles. The number of nitrogens with one attached hydrogen (secondary N) is 1. The highest BCUT2D eigenvalue weighted by molar-refractivity contribution is 5.95. The van der Waals surface area contributed by atoms with E-state index in [1.54, 1.807) is 30.3 Å². The van der Waals surface area contributed by atoms with Crippen LogP contribution < -0.4 is 10.3 Å². The number of carbonyl (C=O) groups is 1. The first-order valence-corrected chi connectivity index (χ1v) is 8.07. The number of carbonyl (C=O) groups excluding carboxylic acids is 1. The molecule has 1 saturated heterocycles. The zero-order valence-corrected chi connectivity index (χ0v) is 13.6. The van der Waals surface area contributed by atoms with Crippen LogP contribution in [-0.2, 0) is 0 Å². The van der Waals surface area contributed by atoms with E-state index in [1.165, 1.54) is 18.3 Å². The average molecular weight is 338 g/mol. The molecular formula is C18H18N4O3. The van der Waals surface area contributed by atoms with Gasteiger partial charge in [-0.15, -0.1) is 0 Å². The number of hydrogen-bond donors (Lipinski definition) is 1. The molecule has 1 aliphatic rings. The summed E-state index contributed by atoms with van der Waals surface area (Å²) >= 11 is 0. The molecule has 2 aromatic rings. The van der Waals surface area contributed by atoms with E-state index in [2.05, 4.69) is 15.4 Å². The molecular weight excluding hydrogens is 320 g/mol. The van der Waals surface area contributed by atoms with E-state index in [4.69, 9.17) is 0 Å². The Morgan fingerprint density at radius 1 is 1.16 bits per heavy atom. The lowest BCUT2D eigenvalue weighted by Gasteiger charge is -2.19. The van der Waals surface area contributed by atoms with Crippen LogP contribution in [0.3, 0.4) is 0 Å². The summed E-state index contributed by atoms with van der Waals surface area (Å²) in [6, 6.07) is 13.5. The van der Waals surface area contributed by atoms with Gasteiger partial charge in [0.05, 0.1) is 11.1 Å². The Morgan fingerprint density at radius 2 is 1.88 bits per heavy atom. The number of hydrogen-bond acceptors (Lipinski definition) is 5. The zero-order chi connectivity index (χ0) is 17.6. The molecule has 2 aromatic carbocycles. The van der Waals surface area contributed by atoms with Crippen LogP contribution in [0.15, 0.2) is 53.6 Å². The van der Waals surface area contributed by atoms with E-state index in [1.807, 2.05) is 6.07 Å². The van der Waals surface area contributed by atoms with Gasteiger partial charge < -0.3 is 4.90 Å². The number of benzene rings is 2. The highest BCUT2D eigenvalue weighted by Gasteiger charge is 2.17. The maximum Gasteiger partial charge on any atom is 0.271 e. The van der Waals surface area contributed by atoms with Gasteiger partial charge >= 0.3 is 0 Å². The number of anilines is 1. The number of hydrazone groups is 1. The maximum absolute atomic E-state index is 12.0. The van der Waals surface area contributed by atoms with Crippen LogP contribution in [0, 0.1) is 10.1 Å².